The molecular formula is C19H18F3N5O2. The lowest BCUT2D eigenvalue weighted by Gasteiger charge is -2.32. The van der Waals surface area contributed by atoms with E-state index in [1.165, 1.54) is 24.3 Å². The molecule has 152 valence electrons. The Morgan fingerprint density at radius 1 is 1.21 bits per heavy atom. The quantitative estimate of drug-likeness (QED) is 0.720. The van der Waals surface area contributed by atoms with Crippen molar-refractivity contribution in [2.24, 2.45) is 7.05 Å². The number of aryl methyl sites for hydroxylation is 2. The summed E-state index contributed by atoms with van der Waals surface area (Å²) < 4.78 is 44.7. The number of rotatable bonds is 4. The summed E-state index contributed by atoms with van der Waals surface area (Å²) in [6, 6.07) is 5.33. The van der Waals surface area contributed by atoms with Gasteiger partial charge in [-0.05, 0) is 31.2 Å². The van der Waals surface area contributed by atoms with Gasteiger partial charge in [0.05, 0.1) is 23.9 Å². The molecule has 0 saturated carbocycles. The van der Waals surface area contributed by atoms with Gasteiger partial charge in [-0.15, -0.1) is 13.2 Å². The highest BCUT2D eigenvalue weighted by molar-refractivity contribution is 5.83. The average Bonchev–Trinajstić information content (AvgIpc) is 3.28. The van der Waals surface area contributed by atoms with Crippen LogP contribution in [-0.2, 0) is 13.6 Å². The highest BCUT2D eigenvalue weighted by Crippen LogP contribution is 2.39. The van der Waals surface area contributed by atoms with Crippen molar-refractivity contribution in [2.45, 2.75) is 26.1 Å². The predicted octanol–water partition coefficient (Wildman–Crippen LogP) is 3.44. The molecule has 0 saturated heterocycles. The third kappa shape index (κ3) is 3.58. The SMILES string of the molecule is CCn1cnc2c1C(O)N(c1ccc(OC(F)(F)F)cc1)C=C2c1cnn(C)c1. The van der Waals surface area contributed by atoms with Crippen molar-refractivity contribution in [3.8, 4) is 5.75 Å². The molecule has 10 heteroatoms. The monoisotopic (exact) mass is 405 g/mol. The maximum atomic E-state index is 12.4. The van der Waals surface area contributed by atoms with Gasteiger partial charge in [0.15, 0.2) is 6.23 Å². The Labute approximate surface area is 164 Å². The number of hydrogen-bond acceptors (Lipinski definition) is 5. The first-order chi connectivity index (χ1) is 13.8. The Morgan fingerprint density at radius 2 is 1.93 bits per heavy atom. The van der Waals surface area contributed by atoms with Gasteiger partial charge in [0.2, 0.25) is 0 Å². The largest absolute Gasteiger partial charge is 0.573 e. The van der Waals surface area contributed by atoms with Crippen LogP contribution in [0.3, 0.4) is 0 Å². The van der Waals surface area contributed by atoms with Gasteiger partial charge in [0.1, 0.15) is 5.75 Å². The molecule has 29 heavy (non-hydrogen) atoms. The fourth-order valence-corrected chi connectivity index (χ4v) is 3.33. The molecule has 1 aliphatic rings. The zero-order valence-electron chi connectivity index (χ0n) is 15.6. The fourth-order valence-electron chi connectivity index (χ4n) is 3.33. The molecule has 0 amide bonds. The van der Waals surface area contributed by atoms with E-state index in [2.05, 4.69) is 14.8 Å². The average molecular weight is 405 g/mol. The number of imidazole rings is 1. The molecule has 3 heterocycles. The van der Waals surface area contributed by atoms with E-state index in [4.69, 9.17) is 0 Å². The van der Waals surface area contributed by atoms with Crippen LogP contribution in [0.15, 0.2) is 49.2 Å². The summed E-state index contributed by atoms with van der Waals surface area (Å²) in [5, 5.41) is 15.2. The van der Waals surface area contributed by atoms with Crippen LogP contribution in [-0.4, -0.2) is 30.8 Å². The first kappa shape index (κ1) is 19.1. The van der Waals surface area contributed by atoms with E-state index in [1.54, 1.807) is 35.4 Å². The molecule has 0 bridgehead atoms. The third-order valence-electron chi connectivity index (χ3n) is 4.63. The van der Waals surface area contributed by atoms with Crippen LogP contribution in [0.2, 0.25) is 0 Å². The summed E-state index contributed by atoms with van der Waals surface area (Å²) >= 11 is 0. The zero-order chi connectivity index (χ0) is 20.8. The van der Waals surface area contributed by atoms with Gasteiger partial charge in [-0.1, -0.05) is 0 Å². The summed E-state index contributed by atoms with van der Waals surface area (Å²) in [6.07, 6.45) is 1.08. The lowest BCUT2D eigenvalue weighted by Crippen LogP contribution is -2.29. The molecule has 1 aliphatic heterocycles. The molecule has 1 N–H and O–H groups in total. The van der Waals surface area contributed by atoms with Gasteiger partial charge < -0.3 is 19.3 Å². The van der Waals surface area contributed by atoms with Crippen molar-refractivity contribution in [3.63, 3.8) is 0 Å². The van der Waals surface area contributed by atoms with Crippen LogP contribution < -0.4 is 9.64 Å². The van der Waals surface area contributed by atoms with Crippen molar-refractivity contribution in [1.29, 1.82) is 0 Å². The molecule has 0 spiro atoms. The van der Waals surface area contributed by atoms with Crippen LogP contribution in [0, 0.1) is 0 Å². The van der Waals surface area contributed by atoms with Crippen LogP contribution in [0.1, 0.15) is 30.1 Å². The second-order valence-electron chi connectivity index (χ2n) is 6.53. The number of fused-ring (bicyclic) bond motifs is 1. The summed E-state index contributed by atoms with van der Waals surface area (Å²) in [5.74, 6) is -0.330. The first-order valence-corrected chi connectivity index (χ1v) is 8.85. The normalized spacial score (nSPS) is 16.6. The van der Waals surface area contributed by atoms with E-state index in [0.29, 0.717) is 23.6 Å². The number of hydrogen-bond donors (Lipinski definition) is 1. The number of ether oxygens (including phenoxy) is 1. The van der Waals surface area contributed by atoms with Crippen LogP contribution in [0.25, 0.3) is 5.57 Å². The standard InChI is InChI=1S/C19H18F3N5O2/c1-3-26-11-23-16-15(12-8-24-25(2)9-12)10-27(18(28)17(16)26)13-4-6-14(7-5-13)29-19(20,21)22/h4-11,18,28H,3H2,1-2H3. The number of aliphatic hydroxyl groups excluding tert-OH is 1. The fraction of sp³-hybridized carbons (Fsp3) is 0.263. The summed E-state index contributed by atoms with van der Waals surface area (Å²) in [6.45, 7) is 2.54. The molecular weight excluding hydrogens is 387 g/mol. The van der Waals surface area contributed by atoms with Crippen LogP contribution in [0.5, 0.6) is 5.75 Å². The van der Waals surface area contributed by atoms with E-state index in [1.807, 2.05) is 17.7 Å². The number of anilines is 1. The maximum Gasteiger partial charge on any atom is 0.573 e. The Hall–Kier alpha value is -3.27. The number of nitrogens with zero attached hydrogens (tertiary/aromatic N) is 5. The smallest absolute Gasteiger partial charge is 0.406 e. The molecule has 1 aromatic carbocycles. The van der Waals surface area contributed by atoms with Crippen molar-refractivity contribution in [3.05, 3.63) is 66.1 Å². The van der Waals surface area contributed by atoms with E-state index in [9.17, 15) is 18.3 Å². The minimum atomic E-state index is -4.76. The lowest BCUT2D eigenvalue weighted by molar-refractivity contribution is -0.274. The number of aliphatic hydroxyl groups is 1. The number of halogens is 3. The van der Waals surface area contributed by atoms with E-state index >= 15 is 0 Å². The van der Waals surface area contributed by atoms with Gasteiger partial charge in [-0.25, -0.2) is 4.98 Å². The van der Waals surface area contributed by atoms with Gasteiger partial charge >= 0.3 is 6.36 Å². The topological polar surface area (TPSA) is 68.3 Å². The predicted molar refractivity (Wildman–Crippen MR) is 98.8 cm³/mol. The molecule has 1 unspecified atom stereocenters. The van der Waals surface area contributed by atoms with Crippen molar-refractivity contribution in [1.82, 2.24) is 19.3 Å². The number of aromatic nitrogens is 4. The molecule has 7 nitrogen and oxygen atoms in total. The number of alkyl halides is 3. The highest BCUT2D eigenvalue weighted by Gasteiger charge is 2.33. The molecule has 0 radical (unpaired) electrons. The Balaban J connectivity index is 1.76. The Bertz CT molecular complexity index is 1050. The minimum absolute atomic E-state index is 0.330. The van der Waals surface area contributed by atoms with E-state index < -0.39 is 12.6 Å². The second kappa shape index (κ2) is 6.96. The maximum absolute atomic E-state index is 12.4. The number of benzene rings is 1. The minimum Gasteiger partial charge on any atom is -0.406 e. The Kier molecular flexibility index (Phi) is 4.58. The van der Waals surface area contributed by atoms with E-state index in [0.717, 1.165) is 11.1 Å². The van der Waals surface area contributed by atoms with Gasteiger partial charge in [-0.3, -0.25) is 4.68 Å². The van der Waals surface area contributed by atoms with Gasteiger partial charge in [-0.2, -0.15) is 5.10 Å². The summed E-state index contributed by atoms with van der Waals surface area (Å²) in [4.78, 5) is 6.03. The first-order valence-electron chi connectivity index (χ1n) is 8.85. The molecule has 0 aliphatic carbocycles. The van der Waals surface area contributed by atoms with Crippen LogP contribution >= 0.6 is 0 Å². The second-order valence-corrected chi connectivity index (χ2v) is 6.53. The molecule has 0 fully saturated rings. The molecule has 2 aromatic heterocycles. The van der Waals surface area contributed by atoms with Gasteiger partial charge in [0.25, 0.3) is 0 Å². The van der Waals surface area contributed by atoms with Crippen molar-refractivity contribution < 1.29 is 23.0 Å². The highest BCUT2D eigenvalue weighted by atomic mass is 19.4. The third-order valence-corrected chi connectivity index (χ3v) is 4.63. The summed E-state index contributed by atoms with van der Waals surface area (Å²) in [5.41, 5.74) is 3.30. The Morgan fingerprint density at radius 3 is 2.52 bits per heavy atom. The van der Waals surface area contributed by atoms with Crippen molar-refractivity contribution in [2.75, 3.05) is 4.90 Å². The molecule has 4 rings (SSSR count). The molecule has 1 atom stereocenters. The van der Waals surface area contributed by atoms with Crippen molar-refractivity contribution >= 4 is 11.3 Å². The van der Waals surface area contributed by atoms with Crippen LogP contribution in [0.4, 0.5) is 18.9 Å². The zero-order valence-corrected chi connectivity index (χ0v) is 15.6. The van der Waals surface area contributed by atoms with E-state index in [-0.39, 0.29) is 5.75 Å². The molecule has 3 aromatic rings. The summed E-state index contributed by atoms with van der Waals surface area (Å²) in [7, 11) is 1.80. The van der Waals surface area contributed by atoms with Gasteiger partial charge in [0, 0.05) is 42.8 Å². The lowest BCUT2D eigenvalue weighted by atomic mass is 10.0.